The molecule has 1 heterocycles. The Kier molecular flexibility index (Phi) is 6.13. The van der Waals surface area contributed by atoms with Gasteiger partial charge in [-0.15, -0.1) is 5.10 Å². The molecule has 0 spiro atoms. The largest absolute Gasteiger partial charge is 0.497 e. The van der Waals surface area contributed by atoms with E-state index in [0.29, 0.717) is 11.4 Å². The van der Waals surface area contributed by atoms with E-state index in [0.717, 1.165) is 40.8 Å². The fraction of sp³-hybridized carbons (Fsp3) is 0.190. The third-order valence-corrected chi connectivity index (χ3v) is 4.32. The highest BCUT2D eigenvalue weighted by Crippen LogP contribution is 2.22. The van der Waals surface area contributed by atoms with Crippen LogP contribution in [-0.2, 0) is 0 Å². The van der Waals surface area contributed by atoms with Crippen molar-refractivity contribution < 1.29 is 9.53 Å². The van der Waals surface area contributed by atoms with Crippen LogP contribution in [0.1, 0.15) is 35.8 Å². The fourth-order valence-electron chi connectivity index (χ4n) is 2.91. The number of nitrogens with two attached hydrogens (primary N) is 2. The van der Waals surface area contributed by atoms with Crippen molar-refractivity contribution in [1.82, 2.24) is 4.98 Å². The first-order valence-corrected chi connectivity index (χ1v) is 9.24. The number of carbonyl (C=O) groups is 1. The molecule has 0 saturated heterocycles. The molecule has 0 saturated carbocycles. The molecule has 29 heavy (non-hydrogen) atoms. The molecular formula is C21H24N6O2. The average molecular weight is 392 g/mol. The number of aromatic amines is 1. The molecule has 8 nitrogen and oxygen atoms in total. The number of nitrogens with one attached hydrogen (secondary N) is 2. The molecule has 0 bridgehead atoms. The van der Waals surface area contributed by atoms with Crippen molar-refractivity contribution in [2.24, 2.45) is 21.7 Å². The van der Waals surface area contributed by atoms with Crippen LogP contribution in [0.5, 0.6) is 5.75 Å². The van der Waals surface area contributed by atoms with Crippen LogP contribution in [0.2, 0.25) is 0 Å². The maximum absolute atomic E-state index is 12.6. The first-order valence-electron chi connectivity index (χ1n) is 9.24. The van der Waals surface area contributed by atoms with Gasteiger partial charge in [-0.25, -0.2) is 0 Å². The predicted molar refractivity (Wildman–Crippen MR) is 117 cm³/mol. The van der Waals surface area contributed by atoms with Gasteiger partial charge >= 0.3 is 0 Å². The monoisotopic (exact) mass is 392 g/mol. The topological polar surface area (TPSA) is 131 Å². The minimum atomic E-state index is -0.226. The van der Waals surface area contributed by atoms with Gasteiger partial charge in [-0.1, -0.05) is 25.5 Å². The molecule has 150 valence electrons. The zero-order valence-corrected chi connectivity index (χ0v) is 16.4. The molecule has 0 aliphatic carbocycles. The molecule has 0 fully saturated rings. The lowest BCUT2D eigenvalue weighted by Crippen LogP contribution is -2.22. The maximum atomic E-state index is 12.6. The lowest BCUT2D eigenvalue weighted by atomic mass is 10.1. The van der Waals surface area contributed by atoms with Gasteiger partial charge in [0.15, 0.2) is 0 Å². The third-order valence-electron chi connectivity index (χ3n) is 4.32. The van der Waals surface area contributed by atoms with Crippen molar-refractivity contribution in [2.45, 2.75) is 19.8 Å². The highest BCUT2D eigenvalue weighted by Gasteiger charge is 2.11. The van der Waals surface area contributed by atoms with Crippen LogP contribution in [0.15, 0.2) is 58.7 Å². The number of ether oxygens (including phenoxy) is 1. The number of anilines is 1. The number of fused-ring (bicyclic) bond motifs is 1. The highest BCUT2D eigenvalue weighted by atomic mass is 16.5. The summed E-state index contributed by atoms with van der Waals surface area (Å²) in [6, 6.07) is 14.8. The first kappa shape index (κ1) is 19.9. The number of amides is 1. The lowest BCUT2D eigenvalue weighted by molar-refractivity contribution is 0.102. The van der Waals surface area contributed by atoms with E-state index in [1.807, 2.05) is 42.5 Å². The molecule has 1 amide bonds. The highest BCUT2D eigenvalue weighted by molar-refractivity contribution is 6.06. The Hall–Kier alpha value is -3.81. The molecular weight excluding hydrogens is 368 g/mol. The van der Waals surface area contributed by atoms with Crippen molar-refractivity contribution in [3.05, 3.63) is 59.8 Å². The Balaban J connectivity index is 1.75. The fourth-order valence-corrected chi connectivity index (χ4v) is 2.91. The van der Waals surface area contributed by atoms with E-state index in [2.05, 4.69) is 27.4 Å². The van der Waals surface area contributed by atoms with Gasteiger partial charge in [0.2, 0.25) is 5.96 Å². The number of hydrogen-bond acceptors (Lipinski definition) is 4. The number of hydrogen-bond donors (Lipinski definition) is 4. The number of carbonyl (C=O) groups excluding carboxylic acids is 1. The summed E-state index contributed by atoms with van der Waals surface area (Å²) in [6.07, 6.45) is 1.64. The summed E-state index contributed by atoms with van der Waals surface area (Å²) in [5.41, 5.74) is 14.4. The quantitative estimate of drug-likeness (QED) is 0.279. The van der Waals surface area contributed by atoms with Crippen LogP contribution in [0, 0.1) is 0 Å². The zero-order valence-electron chi connectivity index (χ0n) is 16.4. The minimum Gasteiger partial charge on any atom is -0.497 e. The van der Waals surface area contributed by atoms with Crippen LogP contribution in [-0.4, -0.2) is 29.7 Å². The van der Waals surface area contributed by atoms with Gasteiger partial charge in [0.1, 0.15) is 11.4 Å². The molecule has 0 aliphatic heterocycles. The summed E-state index contributed by atoms with van der Waals surface area (Å²) in [7, 11) is 1.61. The van der Waals surface area contributed by atoms with Crippen LogP contribution in [0.25, 0.3) is 10.9 Å². The van der Waals surface area contributed by atoms with Crippen molar-refractivity contribution in [3.8, 4) is 5.75 Å². The lowest BCUT2D eigenvalue weighted by Gasteiger charge is -2.07. The Bertz CT molecular complexity index is 1060. The maximum Gasteiger partial charge on any atom is 0.272 e. The third kappa shape index (κ3) is 4.92. The van der Waals surface area contributed by atoms with Crippen molar-refractivity contribution in [1.29, 1.82) is 0 Å². The molecule has 2 aromatic carbocycles. The second kappa shape index (κ2) is 8.92. The van der Waals surface area contributed by atoms with Crippen LogP contribution < -0.4 is 21.5 Å². The van der Waals surface area contributed by atoms with E-state index in [1.165, 1.54) is 0 Å². The van der Waals surface area contributed by atoms with E-state index in [1.54, 1.807) is 13.2 Å². The van der Waals surface area contributed by atoms with E-state index in [4.69, 9.17) is 16.2 Å². The number of aromatic nitrogens is 1. The molecule has 3 rings (SSSR count). The number of rotatable bonds is 7. The number of H-pyrrole nitrogens is 1. The predicted octanol–water partition coefficient (Wildman–Crippen LogP) is 3.21. The number of benzene rings is 2. The summed E-state index contributed by atoms with van der Waals surface area (Å²) < 4.78 is 5.21. The van der Waals surface area contributed by atoms with Crippen LogP contribution >= 0.6 is 0 Å². The smallest absolute Gasteiger partial charge is 0.272 e. The van der Waals surface area contributed by atoms with Crippen molar-refractivity contribution >= 4 is 34.2 Å². The Morgan fingerprint density at radius 1 is 1.10 bits per heavy atom. The summed E-state index contributed by atoms with van der Waals surface area (Å²) in [5, 5.41) is 11.7. The second-order valence-corrected chi connectivity index (χ2v) is 6.49. The van der Waals surface area contributed by atoms with Gasteiger partial charge in [-0.05, 0) is 42.3 Å². The van der Waals surface area contributed by atoms with E-state index < -0.39 is 0 Å². The van der Waals surface area contributed by atoms with Gasteiger partial charge in [0, 0.05) is 22.7 Å². The first-order chi connectivity index (χ1) is 14.0. The Labute approximate surface area is 168 Å². The zero-order chi connectivity index (χ0) is 20.8. The van der Waals surface area contributed by atoms with Crippen molar-refractivity contribution in [3.63, 3.8) is 0 Å². The second-order valence-electron chi connectivity index (χ2n) is 6.49. The molecule has 1 aromatic heterocycles. The van der Waals surface area contributed by atoms with E-state index >= 15 is 0 Å². The summed E-state index contributed by atoms with van der Waals surface area (Å²) in [4.78, 5) is 15.7. The number of nitrogens with zero attached hydrogens (tertiary/aromatic N) is 2. The van der Waals surface area contributed by atoms with E-state index in [9.17, 15) is 4.79 Å². The summed E-state index contributed by atoms with van der Waals surface area (Å²) in [5.74, 6) is 0.418. The Morgan fingerprint density at radius 3 is 2.52 bits per heavy atom. The van der Waals surface area contributed by atoms with Crippen LogP contribution in [0.3, 0.4) is 0 Å². The molecule has 8 heteroatoms. The molecule has 0 atom stereocenters. The van der Waals surface area contributed by atoms with Gasteiger partial charge < -0.3 is 26.5 Å². The normalized spacial score (nSPS) is 11.3. The standard InChI is InChI=1S/C21H24N6O2/c1-3-4-17(26-27-21(22)23)13-5-8-15(9-6-13)24-20(28)19-11-14-7-10-16(29-2)12-18(14)25-19/h5-12,25H,3-4H2,1-2H3,(H,24,28)(H4,22,23,27)/b26-17+. The van der Waals surface area contributed by atoms with Gasteiger partial charge in [0.05, 0.1) is 12.8 Å². The minimum absolute atomic E-state index is 0.0848. The van der Waals surface area contributed by atoms with Crippen LogP contribution in [0.4, 0.5) is 5.69 Å². The summed E-state index contributed by atoms with van der Waals surface area (Å²) >= 11 is 0. The van der Waals surface area contributed by atoms with Gasteiger partial charge in [0.25, 0.3) is 5.91 Å². The number of methoxy groups -OCH3 is 1. The molecule has 0 aliphatic rings. The molecule has 6 N–H and O–H groups in total. The molecule has 0 radical (unpaired) electrons. The van der Waals surface area contributed by atoms with E-state index in [-0.39, 0.29) is 11.9 Å². The van der Waals surface area contributed by atoms with Crippen molar-refractivity contribution in [2.75, 3.05) is 12.4 Å². The average Bonchev–Trinajstić information content (AvgIpc) is 3.15. The number of guanidine groups is 1. The Morgan fingerprint density at radius 2 is 1.86 bits per heavy atom. The molecule has 3 aromatic rings. The van der Waals surface area contributed by atoms with Gasteiger partial charge in [-0.3, -0.25) is 4.79 Å². The van der Waals surface area contributed by atoms with Gasteiger partial charge in [-0.2, -0.15) is 5.10 Å². The summed E-state index contributed by atoms with van der Waals surface area (Å²) in [6.45, 7) is 2.05. The molecule has 0 unspecified atom stereocenters. The SMILES string of the molecule is CCC/C(=N\N=C(N)N)c1ccc(NC(=O)c2cc3ccc(OC)cc3[nH]2)cc1.